The second-order valence-electron chi connectivity index (χ2n) is 2.71. The summed E-state index contributed by atoms with van der Waals surface area (Å²) in [6, 6.07) is 6.21. The molecule has 0 radical (unpaired) electrons. The molecule has 0 aliphatic heterocycles. The Labute approximate surface area is 74.4 Å². The van der Waals surface area contributed by atoms with Crippen molar-refractivity contribution in [2.45, 2.75) is 6.85 Å². The van der Waals surface area contributed by atoms with E-state index in [0.29, 0.717) is 0 Å². The zero-order valence-corrected chi connectivity index (χ0v) is 6.20. The average molecular weight is 163 g/mol. The van der Waals surface area contributed by atoms with Crippen molar-refractivity contribution in [3.05, 3.63) is 35.4 Å². The van der Waals surface area contributed by atoms with Gasteiger partial charge >= 0.3 is 0 Å². The molecule has 60 valence electrons. The van der Waals surface area contributed by atoms with Crippen LogP contribution >= 0.6 is 0 Å². The van der Waals surface area contributed by atoms with Crippen molar-refractivity contribution in [3.8, 4) is 0 Å². The van der Waals surface area contributed by atoms with Crippen molar-refractivity contribution < 1.29 is 13.7 Å². The molecule has 0 saturated heterocycles. The van der Waals surface area contributed by atoms with Gasteiger partial charge < -0.3 is 0 Å². The van der Waals surface area contributed by atoms with E-state index in [1.807, 2.05) is 0 Å². The number of carbonyl (C=O) groups is 2. The Hall–Kier alpha value is -1.44. The molecule has 0 N–H and O–H groups in total. The minimum absolute atomic E-state index is 0.226. The lowest BCUT2D eigenvalue weighted by atomic mass is 10.1. The van der Waals surface area contributed by atoms with Gasteiger partial charge in [-0.25, -0.2) is 0 Å². The van der Waals surface area contributed by atoms with E-state index < -0.39 is 24.3 Å². The standard InChI is InChI=1S/C10H8O2/c1-6-9(11)7-4-2-3-5-8(7)10(6)12/h2-6H,1H3/i1D3. The first-order chi connectivity index (χ1) is 6.93. The maximum atomic E-state index is 11.7. The molecule has 2 rings (SSSR count). The first-order valence-electron chi connectivity index (χ1n) is 5.10. The third-order valence-corrected chi connectivity index (χ3v) is 1.98. The van der Waals surface area contributed by atoms with Gasteiger partial charge in [-0.2, -0.15) is 0 Å². The molecular formula is C10H8O2. The zero-order chi connectivity index (χ0) is 11.2. The molecule has 0 amide bonds. The van der Waals surface area contributed by atoms with Crippen LogP contribution in [0.5, 0.6) is 0 Å². The lowest BCUT2D eigenvalue weighted by Crippen LogP contribution is -2.09. The van der Waals surface area contributed by atoms with Crippen LogP contribution in [-0.2, 0) is 0 Å². The number of ketones is 2. The summed E-state index contributed by atoms with van der Waals surface area (Å²) < 4.78 is 21.5. The minimum atomic E-state index is -2.55. The number of Topliss-reactive ketones (excluding diaryl/α,β-unsaturated/α-hetero) is 2. The van der Waals surface area contributed by atoms with Crippen LogP contribution in [0.15, 0.2) is 24.3 Å². The third kappa shape index (κ3) is 0.749. The highest BCUT2D eigenvalue weighted by Gasteiger charge is 2.34. The summed E-state index contributed by atoms with van der Waals surface area (Å²) in [6.45, 7) is -2.55. The van der Waals surface area contributed by atoms with Crippen molar-refractivity contribution in [1.29, 1.82) is 0 Å². The minimum Gasteiger partial charge on any atom is -0.293 e. The van der Waals surface area contributed by atoms with Crippen molar-refractivity contribution >= 4 is 11.6 Å². The quantitative estimate of drug-likeness (QED) is 0.545. The number of hydrogen-bond donors (Lipinski definition) is 0. The van der Waals surface area contributed by atoms with E-state index in [2.05, 4.69) is 0 Å². The SMILES string of the molecule is [2H]C([2H])([2H])C1C(=O)c2ccccc2C1=O. The molecule has 1 aliphatic carbocycles. The van der Waals surface area contributed by atoms with E-state index in [1.165, 1.54) is 12.1 Å². The monoisotopic (exact) mass is 163 g/mol. The summed E-state index contributed by atoms with van der Waals surface area (Å²) in [5, 5.41) is 0. The van der Waals surface area contributed by atoms with Crippen molar-refractivity contribution in [2.75, 3.05) is 0 Å². The largest absolute Gasteiger partial charge is 0.293 e. The van der Waals surface area contributed by atoms with Crippen LogP contribution in [-0.4, -0.2) is 11.6 Å². The zero-order valence-electron chi connectivity index (χ0n) is 9.20. The Morgan fingerprint density at radius 3 is 2.08 bits per heavy atom. The second-order valence-corrected chi connectivity index (χ2v) is 2.71. The molecule has 1 aliphatic rings. The van der Waals surface area contributed by atoms with Gasteiger partial charge in [0.2, 0.25) is 0 Å². The summed E-state index contributed by atoms with van der Waals surface area (Å²) in [4.78, 5) is 23.3. The van der Waals surface area contributed by atoms with E-state index in [-0.39, 0.29) is 11.1 Å². The number of fused-ring (bicyclic) bond motifs is 1. The van der Waals surface area contributed by atoms with Crippen molar-refractivity contribution in [2.24, 2.45) is 5.92 Å². The lowest BCUT2D eigenvalue weighted by Gasteiger charge is -1.92. The fourth-order valence-corrected chi connectivity index (χ4v) is 1.34. The molecule has 0 saturated carbocycles. The third-order valence-electron chi connectivity index (χ3n) is 1.98. The van der Waals surface area contributed by atoms with E-state index in [0.717, 1.165) is 0 Å². The Bertz CT molecular complexity index is 413. The summed E-state index contributed by atoms with van der Waals surface area (Å²) in [6.07, 6.45) is 0. The molecule has 1 aromatic carbocycles. The molecule has 2 nitrogen and oxygen atoms in total. The van der Waals surface area contributed by atoms with Crippen LogP contribution in [0.2, 0.25) is 0 Å². The van der Waals surface area contributed by atoms with Gasteiger partial charge in [-0.15, -0.1) is 0 Å². The molecule has 0 fully saturated rings. The average Bonchev–Trinajstić information content (AvgIpc) is 2.39. The van der Waals surface area contributed by atoms with Gasteiger partial charge in [0.05, 0.1) is 5.92 Å². The maximum Gasteiger partial charge on any atom is 0.174 e. The van der Waals surface area contributed by atoms with Crippen LogP contribution in [0.1, 0.15) is 31.7 Å². The summed E-state index contributed by atoms with van der Waals surface area (Å²) >= 11 is 0. The summed E-state index contributed by atoms with van der Waals surface area (Å²) in [7, 11) is 0. The molecule has 12 heavy (non-hydrogen) atoms. The lowest BCUT2D eigenvalue weighted by molar-refractivity contribution is 0.0852. The van der Waals surface area contributed by atoms with Gasteiger partial charge in [0.25, 0.3) is 0 Å². The Morgan fingerprint density at radius 2 is 1.67 bits per heavy atom. The summed E-state index contributed by atoms with van der Waals surface area (Å²) in [5.74, 6) is -2.68. The molecular weight excluding hydrogens is 152 g/mol. The van der Waals surface area contributed by atoms with Crippen molar-refractivity contribution in [3.63, 3.8) is 0 Å². The first kappa shape index (κ1) is 4.55. The highest BCUT2D eigenvalue weighted by Crippen LogP contribution is 2.25. The second kappa shape index (κ2) is 2.27. The molecule has 1 aromatic rings. The molecule has 2 heteroatoms. The topological polar surface area (TPSA) is 34.1 Å². The van der Waals surface area contributed by atoms with Crippen LogP contribution < -0.4 is 0 Å². The highest BCUT2D eigenvalue weighted by atomic mass is 16.2. The predicted molar refractivity (Wildman–Crippen MR) is 44.3 cm³/mol. The number of hydrogen-bond acceptors (Lipinski definition) is 2. The molecule has 0 bridgehead atoms. The Balaban J connectivity index is 2.55. The van der Waals surface area contributed by atoms with E-state index in [4.69, 9.17) is 4.11 Å². The molecule has 0 unspecified atom stereocenters. The Morgan fingerprint density at radius 1 is 1.17 bits per heavy atom. The normalized spacial score (nSPS) is 21.5. The van der Waals surface area contributed by atoms with Gasteiger partial charge in [-0.05, 0) is 6.85 Å². The molecule has 0 heterocycles. The maximum absolute atomic E-state index is 11.7. The number of carbonyl (C=O) groups excluding carboxylic acids is 2. The molecule has 0 atom stereocenters. The van der Waals surface area contributed by atoms with Gasteiger partial charge in [-0.1, -0.05) is 24.3 Å². The van der Waals surface area contributed by atoms with Gasteiger partial charge in [0, 0.05) is 15.2 Å². The van der Waals surface area contributed by atoms with Crippen LogP contribution in [0.25, 0.3) is 0 Å². The van der Waals surface area contributed by atoms with Crippen LogP contribution in [0.3, 0.4) is 0 Å². The van der Waals surface area contributed by atoms with E-state index in [1.54, 1.807) is 12.1 Å². The van der Waals surface area contributed by atoms with Gasteiger partial charge in [0.1, 0.15) is 0 Å². The fourth-order valence-electron chi connectivity index (χ4n) is 1.34. The van der Waals surface area contributed by atoms with Gasteiger partial charge in [-0.3, -0.25) is 9.59 Å². The fraction of sp³-hybridized carbons (Fsp3) is 0.200. The molecule has 0 spiro atoms. The van der Waals surface area contributed by atoms with E-state index >= 15 is 0 Å². The summed E-state index contributed by atoms with van der Waals surface area (Å²) in [5.41, 5.74) is 0.451. The number of rotatable bonds is 0. The molecule has 0 aromatic heterocycles. The Kier molecular flexibility index (Phi) is 0.862. The van der Waals surface area contributed by atoms with E-state index in [9.17, 15) is 9.59 Å². The van der Waals surface area contributed by atoms with Crippen molar-refractivity contribution in [1.82, 2.24) is 0 Å². The first-order valence-corrected chi connectivity index (χ1v) is 3.60. The van der Waals surface area contributed by atoms with Gasteiger partial charge in [0.15, 0.2) is 11.6 Å². The smallest absolute Gasteiger partial charge is 0.174 e. The van der Waals surface area contributed by atoms with Crippen LogP contribution in [0, 0.1) is 5.92 Å². The highest BCUT2D eigenvalue weighted by molar-refractivity contribution is 6.26. The van der Waals surface area contributed by atoms with Crippen LogP contribution in [0.4, 0.5) is 0 Å². The predicted octanol–water partition coefficient (Wildman–Crippen LogP) is 1.70. The number of benzene rings is 1.